The predicted octanol–water partition coefficient (Wildman–Crippen LogP) is 3.43. The van der Waals surface area contributed by atoms with E-state index in [0.717, 1.165) is 31.7 Å². The van der Waals surface area contributed by atoms with Crippen LogP contribution in [-0.4, -0.2) is 57.7 Å². The van der Waals surface area contributed by atoms with Crippen molar-refractivity contribution in [3.8, 4) is 11.3 Å². The number of hydrogen-bond acceptors (Lipinski definition) is 4. The van der Waals surface area contributed by atoms with Gasteiger partial charge < -0.3 is 4.90 Å². The number of nitrogens with zero attached hydrogens (tertiary/aromatic N) is 4. The fourth-order valence-electron chi connectivity index (χ4n) is 4.55. The first kappa shape index (κ1) is 21.1. The van der Waals surface area contributed by atoms with Crippen molar-refractivity contribution in [1.29, 1.82) is 0 Å². The number of halogens is 1. The summed E-state index contributed by atoms with van der Waals surface area (Å²) < 4.78 is 1.38. The second kappa shape index (κ2) is 9.75. The molecule has 0 unspecified atom stereocenters. The van der Waals surface area contributed by atoms with Gasteiger partial charge in [-0.25, -0.2) is 4.68 Å². The summed E-state index contributed by atoms with van der Waals surface area (Å²) in [7, 11) is 0. The van der Waals surface area contributed by atoms with Gasteiger partial charge in [0.05, 0.1) is 12.2 Å². The molecule has 0 radical (unpaired) electrons. The molecule has 1 saturated carbocycles. The van der Waals surface area contributed by atoms with E-state index in [1.54, 1.807) is 12.1 Å². The van der Waals surface area contributed by atoms with E-state index in [1.165, 1.54) is 42.9 Å². The Bertz CT molecular complexity index is 931. The summed E-state index contributed by atoms with van der Waals surface area (Å²) in [5.74, 6) is 0.0974. The first-order valence-electron chi connectivity index (χ1n) is 11.0. The van der Waals surface area contributed by atoms with Gasteiger partial charge in [0.15, 0.2) is 0 Å². The lowest BCUT2D eigenvalue weighted by Gasteiger charge is -2.40. The Morgan fingerprint density at radius 3 is 2.53 bits per heavy atom. The van der Waals surface area contributed by atoms with Crippen LogP contribution in [0.1, 0.15) is 38.5 Å². The van der Waals surface area contributed by atoms with Crippen LogP contribution in [0.4, 0.5) is 0 Å². The molecule has 0 spiro atoms. The Morgan fingerprint density at radius 2 is 1.80 bits per heavy atom. The van der Waals surface area contributed by atoms with E-state index in [0.29, 0.717) is 16.8 Å². The molecule has 2 aliphatic rings. The third kappa shape index (κ3) is 5.10. The topological polar surface area (TPSA) is 58.4 Å². The number of carbonyl (C=O) groups excluding carboxylic acids is 1. The first-order valence-corrected chi connectivity index (χ1v) is 11.3. The van der Waals surface area contributed by atoms with E-state index in [4.69, 9.17) is 11.6 Å². The highest BCUT2D eigenvalue weighted by molar-refractivity contribution is 6.30. The largest absolute Gasteiger partial charge is 0.340 e. The van der Waals surface area contributed by atoms with Crippen LogP contribution >= 0.6 is 11.6 Å². The lowest BCUT2D eigenvalue weighted by Crippen LogP contribution is -2.52. The van der Waals surface area contributed by atoms with Crippen LogP contribution in [0.5, 0.6) is 0 Å². The SMILES string of the molecule is O=C(CCn1nc(-c2cccc(Cl)c2)ccc1=O)N1CCN(C2CCCCC2)CC1. The molecule has 7 heteroatoms. The zero-order valence-corrected chi connectivity index (χ0v) is 18.1. The lowest BCUT2D eigenvalue weighted by atomic mass is 9.94. The molecule has 2 fully saturated rings. The van der Waals surface area contributed by atoms with E-state index >= 15 is 0 Å². The van der Waals surface area contributed by atoms with Crippen molar-refractivity contribution >= 4 is 17.5 Å². The molecular formula is C23H29ClN4O2. The van der Waals surface area contributed by atoms with Crippen molar-refractivity contribution in [2.45, 2.75) is 51.1 Å². The van der Waals surface area contributed by atoms with Gasteiger partial charge >= 0.3 is 0 Å². The van der Waals surface area contributed by atoms with Crippen molar-refractivity contribution in [3.63, 3.8) is 0 Å². The highest BCUT2D eigenvalue weighted by Gasteiger charge is 2.26. The van der Waals surface area contributed by atoms with Gasteiger partial charge in [-0.1, -0.05) is 43.0 Å². The number of aryl methyl sites for hydroxylation is 1. The van der Waals surface area contributed by atoms with E-state index in [9.17, 15) is 9.59 Å². The van der Waals surface area contributed by atoms with Crippen LogP contribution in [0.2, 0.25) is 5.02 Å². The molecule has 1 saturated heterocycles. The summed E-state index contributed by atoms with van der Waals surface area (Å²) in [6.07, 6.45) is 6.91. The molecular weight excluding hydrogens is 400 g/mol. The highest BCUT2D eigenvalue weighted by Crippen LogP contribution is 2.23. The van der Waals surface area contributed by atoms with Gasteiger partial charge in [-0.2, -0.15) is 5.10 Å². The molecule has 160 valence electrons. The van der Waals surface area contributed by atoms with Crippen LogP contribution in [0.3, 0.4) is 0 Å². The molecule has 2 aromatic rings. The number of hydrogen-bond donors (Lipinski definition) is 0. The Morgan fingerprint density at radius 1 is 1.03 bits per heavy atom. The van der Waals surface area contributed by atoms with Crippen molar-refractivity contribution < 1.29 is 4.79 Å². The number of rotatable bonds is 5. The maximum atomic E-state index is 12.7. The summed E-state index contributed by atoms with van der Waals surface area (Å²) in [6, 6.07) is 11.3. The van der Waals surface area contributed by atoms with Gasteiger partial charge in [0.1, 0.15) is 0 Å². The van der Waals surface area contributed by atoms with Crippen molar-refractivity contribution in [1.82, 2.24) is 19.6 Å². The van der Waals surface area contributed by atoms with Gasteiger partial charge in [0.25, 0.3) is 5.56 Å². The summed E-state index contributed by atoms with van der Waals surface area (Å²) >= 11 is 6.06. The smallest absolute Gasteiger partial charge is 0.266 e. The van der Waals surface area contributed by atoms with Crippen LogP contribution < -0.4 is 5.56 Å². The summed E-state index contributed by atoms with van der Waals surface area (Å²) in [6.45, 7) is 3.76. The standard InChI is InChI=1S/C23H29ClN4O2/c24-19-6-4-5-18(17-19)21-9-10-23(30)28(25-21)12-11-22(29)27-15-13-26(14-16-27)20-7-2-1-3-8-20/h4-6,9-10,17,20H,1-3,7-8,11-16H2. The zero-order valence-electron chi connectivity index (χ0n) is 17.3. The number of piperazine rings is 1. The van der Waals surface area contributed by atoms with E-state index < -0.39 is 0 Å². The second-order valence-corrected chi connectivity index (χ2v) is 8.69. The molecule has 0 N–H and O–H groups in total. The van der Waals surface area contributed by atoms with E-state index in [-0.39, 0.29) is 24.4 Å². The Labute approximate surface area is 182 Å². The third-order valence-corrected chi connectivity index (χ3v) is 6.52. The van der Waals surface area contributed by atoms with Crippen molar-refractivity contribution in [2.75, 3.05) is 26.2 Å². The zero-order chi connectivity index (χ0) is 20.9. The molecule has 1 aromatic heterocycles. The maximum Gasteiger partial charge on any atom is 0.266 e. The number of amides is 1. The first-order chi connectivity index (χ1) is 14.6. The van der Waals surface area contributed by atoms with Crippen molar-refractivity contribution in [2.24, 2.45) is 0 Å². The minimum atomic E-state index is -0.198. The molecule has 30 heavy (non-hydrogen) atoms. The molecule has 0 atom stereocenters. The summed E-state index contributed by atoms with van der Waals surface area (Å²) in [4.78, 5) is 29.4. The molecule has 6 nitrogen and oxygen atoms in total. The van der Waals surface area contributed by atoms with Crippen LogP contribution in [0, 0.1) is 0 Å². The number of benzene rings is 1. The Kier molecular flexibility index (Phi) is 6.85. The van der Waals surface area contributed by atoms with Crippen LogP contribution in [0.25, 0.3) is 11.3 Å². The quantitative estimate of drug-likeness (QED) is 0.732. The normalized spacial score (nSPS) is 18.5. The van der Waals surface area contributed by atoms with Crippen LogP contribution in [-0.2, 0) is 11.3 Å². The lowest BCUT2D eigenvalue weighted by molar-refractivity contribution is -0.133. The maximum absolute atomic E-state index is 12.7. The van der Waals surface area contributed by atoms with Gasteiger partial charge in [-0.05, 0) is 31.0 Å². The molecule has 2 heterocycles. The van der Waals surface area contributed by atoms with Gasteiger partial charge in [-0.3, -0.25) is 14.5 Å². The predicted molar refractivity (Wildman–Crippen MR) is 119 cm³/mol. The third-order valence-electron chi connectivity index (χ3n) is 6.28. The van der Waals surface area contributed by atoms with Crippen LogP contribution in [0.15, 0.2) is 41.2 Å². The minimum absolute atomic E-state index is 0.0974. The number of carbonyl (C=O) groups is 1. The molecule has 1 aromatic carbocycles. The molecule has 1 aliphatic heterocycles. The fourth-order valence-corrected chi connectivity index (χ4v) is 4.74. The van der Waals surface area contributed by atoms with Gasteiger partial charge in [0.2, 0.25) is 5.91 Å². The van der Waals surface area contributed by atoms with Gasteiger partial charge in [-0.15, -0.1) is 0 Å². The summed E-state index contributed by atoms with van der Waals surface area (Å²) in [5.41, 5.74) is 1.32. The molecule has 1 amide bonds. The monoisotopic (exact) mass is 428 g/mol. The molecule has 4 rings (SSSR count). The Balaban J connectivity index is 1.33. The second-order valence-electron chi connectivity index (χ2n) is 8.25. The van der Waals surface area contributed by atoms with Gasteiger partial charge in [0, 0.05) is 55.3 Å². The Hall–Kier alpha value is -2.18. The number of aromatic nitrogens is 2. The molecule has 1 aliphatic carbocycles. The average molecular weight is 429 g/mol. The minimum Gasteiger partial charge on any atom is -0.340 e. The van der Waals surface area contributed by atoms with E-state index in [1.807, 2.05) is 23.1 Å². The summed E-state index contributed by atoms with van der Waals surface area (Å²) in [5, 5.41) is 5.06. The van der Waals surface area contributed by atoms with E-state index in [2.05, 4.69) is 10.00 Å². The highest BCUT2D eigenvalue weighted by atomic mass is 35.5. The van der Waals surface area contributed by atoms with Crippen molar-refractivity contribution in [3.05, 3.63) is 51.8 Å². The fraction of sp³-hybridized carbons (Fsp3) is 0.522. The average Bonchev–Trinajstić information content (AvgIpc) is 2.79. The molecule has 0 bridgehead atoms.